The SMILES string of the molecule is Cn1cc(-c2cncc(CNC(=O)OCC3CCCCO3)c2)cn1. The lowest BCUT2D eigenvalue weighted by atomic mass is 10.1. The maximum Gasteiger partial charge on any atom is 0.407 e. The Morgan fingerprint density at radius 3 is 3.04 bits per heavy atom. The van der Waals surface area contributed by atoms with E-state index in [0.717, 1.165) is 42.6 Å². The van der Waals surface area contributed by atoms with Gasteiger partial charge in [-0.15, -0.1) is 0 Å². The fraction of sp³-hybridized carbons (Fsp3) is 0.471. The number of aryl methyl sites for hydroxylation is 1. The first-order valence-corrected chi connectivity index (χ1v) is 8.16. The highest BCUT2D eigenvalue weighted by molar-refractivity contribution is 5.67. The van der Waals surface area contributed by atoms with Crippen LogP contribution in [0.5, 0.6) is 0 Å². The van der Waals surface area contributed by atoms with Gasteiger partial charge < -0.3 is 14.8 Å². The standard InChI is InChI=1S/C17H22N4O3/c1-21-11-15(10-20-21)14-6-13(7-18-9-14)8-19-17(22)24-12-16-4-2-3-5-23-16/h6-7,9-11,16H,2-5,8,12H2,1H3,(H,19,22). The Balaban J connectivity index is 1.48. The minimum atomic E-state index is -0.434. The number of amides is 1. The second kappa shape index (κ2) is 7.92. The highest BCUT2D eigenvalue weighted by atomic mass is 16.6. The molecule has 1 amide bonds. The van der Waals surface area contributed by atoms with Crippen LogP contribution in [0.3, 0.4) is 0 Å². The van der Waals surface area contributed by atoms with Crippen LogP contribution in [-0.4, -0.2) is 40.2 Å². The van der Waals surface area contributed by atoms with E-state index in [1.807, 2.05) is 19.3 Å². The van der Waals surface area contributed by atoms with Gasteiger partial charge in [0.1, 0.15) is 6.61 Å². The summed E-state index contributed by atoms with van der Waals surface area (Å²) in [6.07, 6.45) is 9.97. The van der Waals surface area contributed by atoms with E-state index in [1.54, 1.807) is 23.3 Å². The average molecular weight is 330 g/mol. The molecule has 0 radical (unpaired) electrons. The molecule has 1 N–H and O–H groups in total. The van der Waals surface area contributed by atoms with E-state index in [-0.39, 0.29) is 6.10 Å². The summed E-state index contributed by atoms with van der Waals surface area (Å²) in [6.45, 7) is 1.42. The predicted octanol–water partition coefficient (Wildman–Crippen LogP) is 2.28. The summed E-state index contributed by atoms with van der Waals surface area (Å²) < 4.78 is 12.5. The Morgan fingerprint density at radius 1 is 1.38 bits per heavy atom. The van der Waals surface area contributed by atoms with Gasteiger partial charge in [0.25, 0.3) is 0 Å². The Bertz CT molecular complexity index is 680. The molecule has 0 bridgehead atoms. The number of alkyl carbamates (subject to hydrolysis) is 1. The van der Waals surface area contributed by atoms with Gasteiger partial charge in [0.15, 0.2) is 0 Å². The molecule has 1 unspecified atom stereocenters. The molecule has 0 saturated carbocycles. The summed E-state index contributed by atoms with van der Waals surface area (Å²) in [5, 5.41) is 6.90. The van der Waals surface area contributed by atoms with Crippen molar-refractivity contribution in [1.82, 2.24) is 20.1 Å². The summed E-state index contributed by atoms with van der Waals surface area (Å²) in [7, 11) is 1.87. The zero-order chi connectivity index (χ0) is 16.8. The van der Waals surface area contributed by atoms with Crippen LogP contribution in [0.2, 0.25) is 0 Å². The van der Waals surface area contributed by atoms with Gasteiger partial charge in [-0.2, -0.15) is 5.10 Å². The van der Waals surface area contributed by atoms with E-state index in [9.17, 15) is 4.79 Å². The molecule has 7 heteroatoms. The molecule has 2 aromatic rings. The molecule has 24 heavy (non-hydrogen) atoms. The Morgan fingerprint density at radius 2 is 2.29 bits per heavy atom. The number of pyridine rings is 1. The molecule has 1 fully saturated rings. The van der Waals surface area contributed by atoms with E-state index in [0.29, 0.717) is 13.2 Å². The number of nitrogens with zero attached hydrogens (tertiary/aromatic N) is 3. The van der Waals surface area contributed by atoms with Crippen molar-refractivity contribution >= 4 is 6.09 Å². The molecule has 3 rings (SSSR count). The molecule has 1 aliphatic rings. The van der Waals surface area contributed by atoms with Crippen LogP contribution in [0.25, 0.3) is 11.1 Å². The van der Waals surface area contributed by atoms with Crippen LogP contribution in [0.1, 0.15) is 24.8 Å². The average Bonchev–Trinajstić information content (AvgIpc) is 3.06. The zero-order valence-electron chi connectivity index (χ0n) is 13.8. The summed E-state index contributed by atoms with van der Waals surface area (Å²) in [5.41, 5.74) is 2.86. The Hall–Kier alpha value is -2.41. The van der Waals surface area contributed by atoms with Crippen LogP contribution in [0.15, 0.2) is 30.9 Å². The highest BCUT2D eigenvalue weighted by Gasteiger charge is 2.15. The van der Waals surface area contributed by atoms with Crippen LogP contribution in [0.4, 0.5) is 4.79 Å². The number of hydrogen-bond donors (Lipinski definition) is 1. The van der Waals surface area contributed by atoms with Gasteiger partial charge >= 0.3 is 6.09 Å². The number of rotatable bonds is 5. The molecular formula is C17H22N4O3. The van der Waals surface area contributed by atoms with E-state index >= 15 is 0 Å². The van der Waals surface area contributed by atoms with Gasteiger partial charge in [0.2, 0.25) is 0 Å². The van der Waals surface area contributed by atoms with Gasteiger partial charge in [-0.25, -0.2) is 4.79 Å². The lowest BCUT2D eigenvalue weighted by Crippen LogP contribution is -2.30. The summed E-state index contributed by atoms with van der Waals surface area (Å²) in [4.78, 5) is 16.0. The second-order valence-corrected chi connectivity index (χ2v) is 5.93. The van der Waals surface area contributed by atoms with Gasteiger partial charge in [0, 0.05) is 49.9 Å². The normalized spacial score (nSPS) is 17.5. The minimum absolute atomic E-state index is 0.0278. The van der Waals surface area contributed by atoms with Crippen LogP contribution in [0, 0.1) is 0 Å². The molecule has 1 saturated heterocycles. The first-order chi connectivity index (χ1) is 11.7. The lowest BCUT2D eigenvalue weighted by molar-refractivity contribution is -0.0223. The fourth-order valence-electron chi connectivity index (χ4n) is 2.65. The van der Waals surface area contributed by atoms with E-state index < -0.39 is 6.09 Å². The zero-order valence-corrected chi connectivity index (χ0v) is 13.8. The van der Waals surface area contributed by atoms with Crippen LogP contribution in [-0.2, 0) is 23.1 Å². The van der Waals surface area contributed by atoms with Crippen molar-refractivity contribution < 1.29 is 14.3 Å². The smallest absolute Gasteiger partial charge is 0.407 e. The highest BCUT2D eigenvalue weighted by Crippen LogP contribution is 2.18. The Kier molecular flexibility index (Phi) is 5.43. The molecule has 1 atom stereocenters. The van der Waals surface area contributed by atoms with Crippen molar-refractivity contribution in [3.05, 3.63) is 36.4 Å². The first-order valence-electron chi connectivity index (χ1n) is 8.16. The van der Waals surface area contributed by atoms with E-state index in [4.69, 9.17) is 9.47 Å². The van der Waals surface area contributed by atoms with Gasteiger partial charge in [-0.05, 0) is 30.9 Å². The predicted molar refractivity (Wildman–Crippen MR) is 88.2 cm³/mol. The molecule has 3 heterocycles. The third kappa shape index (κ3) is 4.55. The third-order valence-electron chi connectivity index (χ3n) is 3.94. The number of nitrogens with one attached hydrogen (secondary N) is 1. The lowest BCUT2D eigenvalue weighted by Gasteiger charge is -2.22. The quantitative estimate of drug-likeness (QED) is 0.910. The van der Waals surface area contributed by atoms with E-state index in [1.165, 1.54) is 0 Å². The van der Waals surface area contributed by atoms with Crippen LogP contribution >= 0.6 is 0 Å². The topological polar surface area (TPSA) is 78.3 Å². The Labute approximate surface area is 141 Å². The molecule has 1 aliphatic heterocycles. The largest absolute Gasteiger partial charge is 0.447 e. The monoisotopic (exact) mass is 330 g/mol. The van der Waals surface area contributed by atoms with Gasteiger partial charge in [-0.1, -0.05) is 0 Å². The van der Waals surface area contributed by atoms with E-state index in [2.05, 4.69) is 15.4 Å². The summed E-state index contributed by atoms with van der Waals surface area (Å²) in [5.74, 6) is 0. The molecule has 7 nitrogen and oxygen atoms in total. The summed E-state index contributed by atoms with van der Waals surface area (Å²) >= 11 is 0. The fourth-order valence-corrected chi connectivity index (χ4v) is 2.65. The maximum absolute atomic E-state index is 11.8. The summed E-state index contributed by atoms with van der Waals surface area (Å²) in [6, 6.07) is 1.98. The second-order valence-electron chi connectivity index (χ2n) is 5.93. The number of carbonyl (C=O) groups excluding carboxylic acids is 1. The molecule has 2 aromatic heterocycles. The minimum Gasteiger partial charge on any atom is -0.447 e. The van der Waals surface area contributed by atoms with Gasteiger partial charge in [0.05, 0.1) is 12.3 Å². The first kappa shape index (κ1) is 16.4. The third-order valence-corrected chi connectivity index (χ3v) is 3.94. The number of ether oxygens (including phenoxy) is 2. The van der Waals surface area contributed by atoms with Crippen molar-refractivity contribution in [2.24, 2.45) is 7.05 Å². The van der Waals surface area contributed by atoms with Gasteiger partial charge in [-0.3, -0.25) is 9.67 Å². The van der Waals surface area contributed by atoms with Crippen molar-refractivity contribution in [3.63, 3.8) is 0 Å². The van der Waals surface area contributed by atoms with Crippen molar-refractivity contribution in [2.75, 3.05) is 13.2 Å². The molecule has 0 aliphatic carbocycles. The molecule has 0 aromatic carbocycles. The molecule has 0 spiro atoms. The number of hydrogen-bond acceptors (Lipinski definition) is 5. The van der Waals surface area contributed by atoms with Crippen molar-refractivity contribution in [1.29, 1.82) is 0 Å². The molecule has 128 valence electrons. The van der Waals surface area contributed by atoms with Crippen molar-refractivity contribution in [3.8, 4) is 11.1 Å². The van der Waals surface area contributed by atoms with Crippen LogP contribution < -0.4 is 5.32 Å². The number of aromatic nitrogens is 3. The molecular weight excluding hydrogens is 308 g/mol. The van der Waals surface area contributed by atoms with Crippen molar-refractivity contribution in [2.45, 2.75) is 31.9 Å². The number of carbonyl (C=O) groups is 1. The maximum atomic E-state index is 11.8.